The zero-order valence-electron chi connectivity index (χ0n) is 13.2. The van der Waals surface area contributed by atoms with E-state index in [0.717, 1.165) is 11.1 Å². The van der Waals surface area contributed by atoms with Crippen molar-refractivity contribution in [3.05, 3.63) is 60.0 Å². The summed E-state index contributed by atoms with van der Waals surface area (Å²) in [5.41, 5.74) is 1.30. The Morgan fingerprint density at radius 2 is 1.88 bits per heavy atom. The van der Waals surface area contributed by atoms with Crippen LogP contribution in [0, 0.1) is 5.82 Å². The van der Waals surface area contributed by atoms with Gasteiger partial charge >= 0.3 is 0 Å². The lowest BCUT2D eigenvalue weighted by molar-refractivity contribution is 0.102. The van der Waals surface area contributed by atoms with E-state index in [-0.39, 0.29) is 11.4 Å². The van der Waals surface area contributed by atoms with Gasteiger partial charge in [0.25, 0.3) is 5.91 Å². The Hall–Kier alpha value is -3.15. The summed E-state index contributed by atoms with van der Waals surface area (Å²) in [5, 5.41) is 3.54. The molecule has 0 fully saturated rings. The van der Waals surface area contributed by atoms with E-state index in [0.29, 0.717) is 11.2 Å². The van der Waals surface area contributed by atoms with Crippen LogP contribution in [-0.2, 0) is 0 Å². The number of pyridine rings is 1. The van der Waals surface area contributed by atoms with Crippen molar-refractivity contribution in [2.45, 2.75) is 0 Å². The summed E-state index contributed by atoms with van der Waals surface area (Å²) in [4.78, 5) is 16.7. The summed E-state index contributed by atoms with van der Waals surface area (Å²) in [5.74, 6) is 0.117. The van der Waals surface area contributed by atoms with E-state index in [2.05, 4.69) is 10.3 Å². The third-order valence-corrected chi connectivity index (χ3v) is 3.54. The van der Waals surface area contributed by atoms with Crippen LogP contribution < -0.4 is 14.8 Å². The van der Waals surface area contributed by atoms with Crippen molar-refractivity contribution in [2.24, 2.45) is 0 Å². The summed E-state index contributed by atoms with van der Waals surface area (Å²) >= 11 is 0. The lowest BCUT2D eigenvalue weighted by atomic mass is 10.2. The molecule has 0 aliphatic rings. The van der Waals surface area contributed by atoms with Crippen molar-refractivity contribution in [3.63, 3.8) is 0 Å². The number of nitrogens with one attached hydrogen (secondary N) is 1. The Kier molecular flexibility index (Phi) is 4.29. The Morgan fingerprint density at radius 3 is 2.62 bits per heavy atom. The van der Waals surface area contributed by atoms with Crippen molar-refractivity contribution >= 4 is 22.5 Å². The first kappa shape index (κ1) is 15.7. The van der Waals surface area contributed by atoms with Crippen LogP contribution in [0.25, 0.3) is 10.9 Å². The van der Waals surface area contributed by atoms with Gasteiger partial charge in [-0.25, -0.2) is 9.37 Å². The number of aromatic nitrogens is 1. The third-order valence-electron chi connectivity index (χ3n) is 3.54. The number of ether oxygens (including phenoxy) is 2. The lowest BCUT2D eigenvalue weighted by Gasteiger charge is -2.10. The summed E-state index contributed by atoms with van der Waals surface area (Å²) in [6.45, 7) is 0. The van der Waals surface area contributed by atoms with Crippen LogP contribution in [0.4, 0.5) is 10.1 Å². The van der Waals surface area contributed by atoms with Crippen LogP contribution in [0.3, 0.4) is 0 Å². The maximum atomic E-state index is 13.2. The molecular formula is C18H15FN2O3. The number of hydrogen-bond acceptors (Lipinski definition) is 4. The van der Waals surface area contributed by atoms with E-state index in [9.17, 15) is 9.18 Å². The van der Waals surface area contributed by atoms with Crippen LogP contribution in [0.2, 0.25) is 0 Å². The molecule has 1 amide bonds. The molecule has 0 bridgehead atoms. The van der Waals surface area contributed by atoms with Gasteiger partial charge in [0.1, 0.15) is 23.0 Å². The van der Waals surface area contributed by atoms with Gasteiger partial charge in [0, 0.05) is 11.5 Å². The summed E-state index contributed by atoms with van der Waals surface area (Å²) in [6, 6.07) is 12.7. The van der Waals surface area contributed by atoms with Gasteiger partial charge in [-0.1, -0.05) is 6.07 Å². The van der Waals surface area contributed by atoms with E-state index >= 15 is 0 Å². The van der Waals surface area contributed by atoms with Crippen molar-refractivity contribution in [3.8, 4) is 11.5 Å². The van der Waals surface area contributed by atoms with Crippen LogP contribution in [0.1, 0.15) is 10.5 Å². The van der Waals surface area contributed by atoms with Gasteiger partial charge in [-0.2, -0.15) is 0 Å². The highest BCUT2D eigenvalue weighted by atomic mass is 19.1. The molecule has 0 saturated heterocycles. The molecule has 0 saturated carbocycles. The predicted octanol–water partition coefficient (Wildman–Crippen LogP) is 3.64. The second-order valence-corrected chi connectivity index (χ2v) is 5.05. The van der Waals surface area contributed by atoms with Gasteiger partial charge in [-0.05, 0) is 36.4 Å². The fourth-order valence-corrected chi connectivity index (χ4v) is 2.31. The molecule has 5 nitrogen and oxygen atoms in total. The van der Waals surface area contributed by atoms with E-state index in [1.165, 1.54) is 25.3 Å². The van der Waals surface area contributed by atoms with E-state index in [4.69, 9.17) is 9.47 Å². The van der Waals surface area contributed by atoms with Crippen LogP contribution in [-0.4, -0.2) is 25.1 Å². The number of hydrogen-bond donors (Lipinski definition) is 1. The van der Waals surface area contributed by atoms with Crippen molar-refractivity contribution in [1.29, 1.82) is 0 Å². The number of anilines is 1. The summed E-state index contributed by atoms with van der Waals surface area (Å²) in [7, 11) is 3.00. The normalized spacial score (nSPS) is 10.5. The maximum absolute atomic E-state index is 13.2. The fourth-order valence-electron chi connectivity index (χ4n) is 2.31. The first-order valence-corrected chi connectivity index (χ1v) is 7.20. The molecule has 2 aromatic carbocycles. The Labute approximate surface area is 138 Å². The minimum absolute atomic E-state index is 0.244. The van der Waals surface area contributed by atoms with Crippen LogP contribution in [0.5, 0.6) is 11.5 Å². The number of methoxy groups -OCH3 is 2. The molecule has 1 aromatic heterocycles. The van der Waals surface area contributed by atoms with Gasteiger partial charge in [0.05, 0.1) is 25.4 Å². The number of amides is 1. The van der Waals surface area contributed by atoms with Crippen LogP contribution >= 0.6 is 0 Å². The first-order valence-electron chi connectivity index (χ1n) is 7.20. The topological polar surface area (TPSA) is 60.5 Å². The van der Waals surface area contributed by atoms with Crippen LogP contribution in [0.15, 0.2) is 48.5 Å². The quantitative estimate of drug-likeness (QED) is 0.795. The number of carbonyl (C=O) groups is 1. The highest BCUT2D eigenvalue weighted by Crippen LogP contribution is 2.26. The highest BCUT2D eigenvalue weighted by Gasteiger charge is 2.12. The fraction of sp³-hybridized carbons (Fsp3) is 0.111. The Balaban J connectivity index is 1.89. The van der Waals surface area contributed by atoms with Crippen molar-refractivity contribution < 1.29 is 18.7 Å². The highest BCUT2D eigenvalue weighted by molar-refractivity contribution is 6.04. The standard InChI is InChI=1S/C18H15FN2O3/c1-23-13-5-8-14-11(9-13)3-6-16(20-14)18(22)21-15-7-4-12(19)10-17(15)24-2/h3-10H,1-2H3,(H,21,22). The van der Waals surface area contributed by atoms with Crippen molar-refractivity contribution in [2.75, 3.05) is 19.5 Å². The SMILES string of the molecule is COc1ccc2nc(C(=O)Nc3ccc(F)cc3OC)ccc2c1. The molecule has 6 heteroatoms. The number of rotatable bonds is 4. The average molecular weight is 326 g/mol. The number of nitrogens with zero attached hydrogens (tertiary/aromatic N) is 1. The molecule has 3 aromatic rings. The largest absolute Gasteiger partial charge is 0.497 e. The first-order chi connectivity index (χ1) is 11.6. The molecule has 0 radical (unpaired) electrons. The third kappa shape index (κ3) is 3.12. The minimum Gasteiger partial charge on any atom is -0.497 e. The second kappa shape index (κ2) is 6.54. The van der Waals surface area contributed by atoms with E-state index in [1.807, 2.05) is 6.07 Å². The van der Waals surface area contributed by atoms with E-state index < -0.39 is 11.7 Å². The zero-order valence-corrected chi connectivity index (χ0v) is 13.2. The zero-order chi connectivity index (χ0) is 17.1. The van der Waals surface area contributed by atoms with Gasteiger partial charge in [0.2, 0.25) is 0 Å². The predicted molar refractivity (Wildman–Crippen MR) is 89.2 cm³/mol. The molecule has 0 aliphatic heterocycles. The Morgan fingerprint density at radius 1 is 1.04 bits per heavy atom. The molecule has 0 aliphatic carbocycles. The molecule has 3 rings (SSSR count). The summed E-state index contributed by atoms with van der Waals surface area (Å²) in [6.07, 6.45) is 0. The lowest BCUT2D eigenvalue weighted by Crippen LogP contribution is -2.14. The molecule has 1 N–H and O–H groups in total. The minimum atomic E-state index is -0.442. The average Bonchev–Trinajstić information content (AvgIpc) is 2.62. The maximum Gasteiger partial charge on any atom is 0.274 e. The molecule has 0 atom stereocenters. The second-order valence-electron chi connectivity index (χ2n) is 5.05. The molecular weight excluding hydrogens is 311 g/mol. The molecule has 0 unspecified atom stereocenters. The number of carbonyl (C=O) groups excluding carboxylic acids is 1. The van der Waals surface area contributed by atoms with Crippen molar-refractivity contribution in [1.82, 2.24) is 4.98 Å². The number of halogens is 1. The van der Waals surface area contributed by atoms with Gasteiger partial charge in [-0.15, -0.1) is 0 Å². The van der Waals surface area contributed by atoms with Gasteiger partial charge in [0.15, 0.2) is 0 Å². The monoisotopic (exact) mass is 326 g/mol. The molecule has 122 valence electrons. The van der Waals surface area contributed by atoms with Gasteiger partial charge < -0.3 is 14.8 Å². The smallest absolute Gasteiger partial charge is 0.274 e. The number of fused-ring (bicyclic) bond motifs is 1. The van der Waals surface area contributed by atoms with Gasteiger partial charge in [-0.3, -0.25) is 4.79 Å². The molecule has 1 heterocycles. The summed E-state index contributed by atoms with van der Waals surface area (Å²) < 4.78 is 23.4. The van der Waals surface area contributed by atoms with E-state index in [1.54, 1.807) is 31.4 Å². The molecule has 0 spiro atoms. The Bertz CT molecular complexity index is 912. The molecule has 24 heavy (non-hydrogen) atoms. The number of benzene rings is 2.